The second kappa shape index (κ2) is 6.03. The van der Waals surface area contributed by atoms with Gasteiger partial charge in [-0.15, -0.1) is 0 Å². The van der Waals surface area contributed by atoms with Crippen LogP contribution in [0.25, 0.3) is 0 Å². The maximum absolute atomic E-state index is 12.6. The number of carboxylic acids is 1. The van der Waals surface area contributed by atoms with Gasteiger partial charge in [0.2, 0.25) is 5.91 Å². The van der Waals surface area contributed by atoms with E-state index in [1.165, 1.54) is 11.1 Å². The van der Waals surface area contributed by atoms with Crippen molar-refractivity contribution in [1.82, 2.24) is 5.32 Å². The first-order chi connectivity index (χ1) is 12.1. The molecule has 4 rings (SSSR count). The minimum absolute atomic E-state index is 0.00779. The van der Waals surface area contributed by atoms with Crippen molar-refractivity contribution in [3.05, 3.63) is 71.3 Å². The molecule has 128 valence electrons. The number of carbonyl (C=O) groups excluding carboxylic acids is 1. The van der Waals surface area contributed by atoms with Crippen molar-refractivity contribution < 1.29 is 14.7 Å². The Labute approximate surface area is 146 Å². The summed E-state index contributed by atoms with van der Waals surface area (Å²) in [7, 11) is 0. The fourth-order valence-corrected chi connectivity index (χ4v) is 4.30. The molecule has 4 heteroatoms. The minimum Gasteiger partial charge on any atom is -0.481 e. The Kier molecular flexibility index (Phi) is 3.83. The largest absolute Gasteiger partial charge is 0.481 e. The number of carbonyl (C=O) groups is 2. The van der Waals surface area contributed by atoms with Gasteiger partial charge in [-0.25, -0.2) is 0 Å². The number of amides is 1. The van der Waals surface area contributed by atoms with Crippen molar-refractivity contribution in [3.63, 3.8) is 0 Å². The lowest BCUT2D eigenvalue weighted by Crippen LogP contribution is -2.34. The fraction of sp³-hybridized carbons (Fsp3) is 0.333. The van der Waals surface area contributed by atoms with Gasteiger partial charge in [-0.3, -0.25) is 9.59 Å². The zero-order valence-electron chi connectivity index (χ0n) is 13.9. The van der Waals surface area contributed by atoms with Crippen LogP contribution < -0.4 is 5.32 Å². The molecule has 2 aromatic carbocycles. The van der Waals surface area contributed by atoms with Gasteiger partial charge in [-0.1, -0.05) is 54.6 Å². The highest BCUT2D eigenvalue weighted by Crippen LogP contribution is 2.61. The lowest BCUT2D eigenvalue weighted by molar-refractivity contribution is -0.138. The molecule has 25 heavy (non-hydrogen) atoms. The summed E-state index contributed by atoms with van der Waals surface area (Å²) in [6, 6.07) is 17.4. The second-order valence-electron chi connectivity index (χ2n) is 7.12. The van der Waals surface area contributed by atoms with Crippen LogP contribution in [0.15, 0.2) is 54.6 Å². The minimum atomic E-state index is -0.914. The summed E-state index contributed by atoms with van der Waals surface area (Å²) in [6.07, 6.45) is 2.92. The van der Waals surface area contributed by atoms with E-state index in [1.54, 1.807) is 12.1 Å². The maximum Gasteiger partial charge on any atom is 0.312 e. The molecule has 0 bridgehead atoms. The first kappa shape index (κ1) is 15.9. The highest BCUT2D eigenvalue weighted by Gasteiger charge is 2.61. The molecule has 1 spiro atoms. The van der Waals surface area contributed by atoms with Crippen molar-refractivity contribution in [1.29, 1.82) is 0 Å². The Hall–Kier alpha value is -2.62. The molecule has 3 atom stereocenters. The number of carboxylic acid groups (broad SMARTS) is 1. The second-order valence-corrected chi connectivity index (χ2v) is 7.12. The van der Waals surface area contributed by atoms with E-state index < -0.39 is 11.9 Å². The summed E-state index contributed by atoms with van der Waals surface area (Å²) < 4.78 is 0. The van der Waals surface area contributed by atoms with Crippen LogP contribution in [-0.4, -0.2) is 23.5 Å². The van der Waals surface area contributed by atoms with Crippen LogP contribution in [0.1, 0.15) is 35.4 Å². The lowest BCUT2D eigenvalue weighted by Gasteiger charge is -2.15. The predicted octanol–water partition coefficient (Wildman–Crippen LogP) is 2.88. The number of hydrogen-bond acceptors (Lipinski definition) is 2. The topological polar surface area (TPSA) is 66.4 Å². The van der Waals surface area contributed by atoms with Gasteiger partial charge in [-0.2, -0.15) is 0 Å². The van der Waals surface area contributed by atoms with Crippen LogP contribution in [0.2, 0.25) is 0 Å². The predicted molar refractivity (Wildman–Crippen MR) is 94.4 cm³/mol. The smallest absolute Gasteiger partial charge is 0.312 e. The lowest BCUT2D eigenvalue weighted by atomic mass is 9.95. The molecule has 2 aliphatic carbocycles. The molecule has 3 unspecified atom stereocenters. The highest BCUT2D eigenvalue weighted by molar-refractivity contribution is 5.86. The van der Waals surface area contributed by atoms with Crippen LogP contribution in [0.5, 0.6) is 0 Å². The Morgan fingerprint density at radius 1 is 1.12 bits per heavy atom. The standard InChI is InChI=1S/C21H21NO3/c23-19(22-13-16(20(24)25)14-6-2-1-3-7-14)18-12-21(18)11-10-15-8-4-5-9-17(15)21/h1-9,16,18H,10-13H2,(H,22,23)(H,24,25). The van der Waals surface area contributed by atoms with Crippen molar-refractivity contribution in [2.45, 2.75) is 30.6 Å². The van der Waals surface area contributed by atoms with Crippen molar-refractivity contribution in [2.24, 2.45) is 5.92 Å². The van der Waals surface area contributed by atoms with Crippen LogP contribution >= 0.6 is 0 Å². The Morgan fingerprint density at radius 3 is 2.60 bits per heavy atom. The van der Waals surface area contributed by atoms with Gasteiger partial charge in [0, 0.05) is 17.9 Å². The summed E-state index contributed by atoms with van der Waals surface area (Å²) >= 11 is 0. The number of fused-ring (bicyclic) bond motifs is 2. The molecule has 4 nitrogen and oxygen atoms in total. The van der Waals surface area contributed by atoms with Crippen molar-refractivity contribution >= 4 is 11.9 Å². The van der Waals surface area contributed by atoms with Gasteiger partial charge >= 0.3 is 5.97 Å². The molecular weight excluding hydrogens is 314 g/mol. The van der Waals surface area contributed by atoms with E-state index in [2.05, 4.69) is 17.4 Å². The Bertz CT molecular complexity index is 817. The summed E-state index contributed by atoms with van der Waals surface area (Å²) in [5.41, 5.74) is 3.37. The quantitative estimate of drug-likeness (QED) is 0.883. The summed E-state index contributed by atoms with van der Waals surface area (Å²) in [5, 5.41) is 12.4. The monoisotopic (exact) mass is 335 g/mol. The number of rotatable bonds is 5. The van der Waals surface area contributed by atoms with Crippen LogP contribution in [0.4, 0.5) is 0 Å². The van der Waals surface area contributed by atoms with E-state index >= 15 is 0 Å². The summed E-state index contributed by atoms with van der Waals surface area (Å²) in [6.45, 7) is 0.131. The van der Waals surface area contributed by atoms with Gasteiger partial charge in [0.05, 0.1) is 5.92 Å². The van der Waals surface area contributed by atoms with Gasteiger partial charge in [0.15, 0.2) is 0 Å². The van der Waals surface area contributed by atoms with E-state index in [0.717, 1.165) is 19.3 Å². The molecule has 2 aromatic rings. The SMILES string of the molecule is O=C(O)C(CNC(=O)C1CC12CCc1ccccc12)c1ccccc1. The Morgan fingerprint density at radius 2 is 1.84 bits per heavy atom. The molecule has 2 aliphatic rings. The summed E-state index contributed by atoms with van der Waals surface area (Å²) in [4.78, 5) is 24.2. The third-order valence-electron chi connectivity index (χ3n) is 5.77. The first-order valence-corrected chi connectivity index (χ1v) is 8.76. The number of benzene rings is 2. The van der Waals surface area contributed by atoms with Crippen molar-refractivity contribution in [2.75, 3.05) is 6.54 Å². The number of aliphatic carboxylic acids is 1. The molecule has 0 radical (unpaired) electrons. The van der Waals surface area contributed by atoms with E-state index in [4.69, 9.17) is 0 Å². The zero-order chi connectivity index (χ0) is 17.4. The molecule has 1 amide bonds. The molecular formula is C21H21NO3. The van der Waals surface area contributed by atoms with Gasteiger partial charge in [-0.05, 0) is 36.0 Å². The highest BCUT2D eigenvalue weighted by atomic mass is 16.4. The molecule has 0 aromatic heterocycles. The first-order valence-electron chi connectivity index (χ1n) is 8.76. The fourth-order valence-electron chi connectivity index (χ4n) is 4.30. The third kappa shape index (κ3) is 2.72. The molecule has 1 saturated carbocycles. The number of hydrogen-bond donors (Lipinski definition) is 2. The van der Waals surface area contributed by atoms with Crippen LogP contribution in [0, 0.1) is 5.92 Å². The van der Waals surface area contributed by atoms with E-state index in [0.29, 0.717) is 5.56 Å². The summed E-state index contributed by atoms with van der Waals surface area (Å²) in [5.74, 6) is -1.67. The van der Waals surface area contributed by atoms with E-state index in [-0.39, 0.29) is 23.8 Å². The van der Waals surface area contributed by atoms with Gasteiger partial charge < -0.3 is 10.4 Å². The average molecular weight is 335 g/mol. The number of aryl methyl sites for hydroxylation is 1. The molecule has 0 aliphatic heterocycles. The maximum atomic E-state index is 12.6. The zero-order valence-corrected chi connectivity index (χ0v) is 13.9. The van der Waals surface area contributed by atoms with Crippen molar-refractivity contribution in [3.8, 4) is 0 Å². The molecule has 0 saturated heterocycles. The van der Waals surface area contributed by atoms with Crippen LogP contribution in [-0.2, 0) is 21.4 Å². The molecule has 2 N–H and O–H groups in total. The average Bonchev–Trinajstić information content (AvgIpc) is 3.25. The van der Waals surface area contributed by atoms with E-state index in [1.807, 2.05) is 30.3 Å². The van der Waals surface area contributed by atoms with Gasteiger partial charge in [0.1, 0.15) is 0 Å². The molecule has 0 heterocycles. The number of nitrogens with one attached hydrogen (secondary N) is 1. The van der Waals surface area contributed by atoms with Crippen LogP contribution in [0.3, 0.4) is 0 Å². The Balaban J connectivity index is 1.43. The normalized spacial score (nSPS) is 24.6. The van der Waals surface area contributed by atoms with E-state index in [9.17, 15) is 14.7 Å². The third-order valence-corrected chi connectivity index (χ3v) is 5.77. The van der Waals surface area contributed by atoms with Gasteiger partial charge in [0.25, 0.3) is 0 Å². The molecule has 1 fully saturated rings.